The van der Waals surface area contributed by atoms with E-state index in [9.17, 15) is 4.79 Å². The Labute approximate surface area is 180 Å². The van der Waals surface area contributed by atoms with Crippen LogP contribution in [0.25, 0.3) is 22.8 Å². The number of rotatable bonds is 6. The summed E-state index contributed by atoms with van der Waals surface area (Å²) in [6, 6.07) is 20.9. The number of ether oxygens (including phenoxy) is 1. The van der Waals surface area contributed by atoms with Gasteiger partial charge in [0.1, 0.15) is 5.75 Å². The molecule has 1 amide bonds. The second kappa shape index (κ2) is 8.83. The van der Waals surface area contributed by atoms with Crippen LogP contribution < -0.4 is 10.1 Å². The second-order valence-corrected chi connectivity index (χ2v) is 7.40. The number of hydrogen-bond acceptors (Lipinski definition) is 5. The summed E-state index contributed by atoms with van der Waals surface area (Å²) in [4.78, 5) is 16.7. The van der Waals surface area contributed by atoms with Crippen molar-refractivity contribution in [2.75, 3.05) is 11.9 Å². The van der Waals surface area contributed by atoms with Crippen LogP contribution in [-0.4, -0.2) is 22.7 Å². The van der Waals surface area contributed by atoms with E-state index in [4.69, 9.17) is 9.26 Å². The third-order valence-corrected chi connectivity index (χ3v) is 5.09. The first kappa shape index (κ1) is 20.3. The minimum Gasteiger partial charge on any atom is -0.484 e. The Morgan fingerprint density at radius 3 is 2.39 bits per heavy atom. The molecule has 0 bridgehead atoms. The molecule has 0 aliphatic carbocycles. The quantitative estimate of drug-likeness (QED) is 0.461. The fourth-order valence-electron chi connectivity index (χ4n) is 3.08. The summed E-state index contributed by atoms with van der Waals surface area (Å²) in [6.07, 6.45) is 0. The van der Waals surface area contributed by atoms with E-state index in [1.54, 1.807) is 12.1 Å². The zero-order valence-corrected chi connectivity index (χ0v) is 17.7. The minimum absolute atomic E-state index is 0.0785. The van der Waals surface area contributed by atoms with Crippen molar-refractivity contribution in [3.8, 4) is 28.6 Å². The van der Waals surface area contributed by atoms with Crippen LogP contribution in [0.4, 0.5) is 5.69 Å². The molecule has 1 heterocycles. The van der Waals surface area contributed by atoms with Crippen molar-refractivity contribution in [1.82, 2.24) is 10.1 Å². The van der Waals surface area contributed by atoms with Crippen LogP contribution in [0, 0.1) is 20.8 Å². The van der Waals surface area contributed by atoms with Gasteiger partial charge in [-0.15, -0.1) is 0 Å². The predicted molar refractivity (Wildman–Crippen MR) is 120 cm³/mol. The van der Waals surface area contributed by atoms with Crippen molar-refractivity contribution in [3.63, 3.8) is 0 Å². The number of nitrogens with one attached hydrogen (secondary N) is 1. The number of carbonyl (C=O) groups excluding carboxylic acids is 1. The number of aryl methyl sites for hydroxylation is 2. The van der Waals surface area contributed by atoms with E-state index in [-0.39, 0.29) is 12.5 Å². The first-order valence-electron chi connectivity index (χ1n) is 9.99. The lowest BCUT2D eigenvalue weighted by Crippen LogP contribution is -2.20. The molecule has 6 nitrogen and oxygen atoms in total. The zero-order chi connectivity index (χ0) is 21.8. The highest BCUT2D eigenvalue weighted by atomic mass is 16.5. The van der Waals surface area contributed by atoms with Crippen molar-refractivity contribution in [1.29, 1.82) is 0 Å². The average Bonchev–Trinajstić information content (AvgIpc) is 3.27. The molecule has 156 valence electrons. The van der Waals surface area contributed by atoms with Gasteiger partial charge in [0, 0.05) is 16.8 Å². The average molecular weight is 413 g/mol. The molecule has 3 aromatic carbocycles. The standard InChI is InChI=1S/C25H23N3O3/c1-16-7-9-19(10-8-16)24-27-25(31-28-24)20-11-13-21(14-12-20)30-15-23(29)26-22-6-4-5-17(2)18(22)3/h4-14H,15H2,1-3H3,(H,26,29). The fourth-order valence-corrected chi connectivity index (χ4v) is 3.08. The molecule has 1 N–H and O–H groups in total. The van der Waals surface area contributed by atoms with Gasteiger partial charge in [0.2, 0.25) is 5.82 Å². The van der Waals surface area contributed by atoms with Gasteiger partial charge in [-0.25, -0.2) is 0 Å². The third kappa shape index (κ3) is 4.80. The lowest BCUT2D eigenvalue weighted by atomic mass is 10.1. The summed E-state index contributed by atoms with van der Waals surface area (Å²) in [5.74, 6) is 1.34. The zero-order valence-electron chi connectivity index (χ0n) is 17.7. The van der Waals surface area contributed by atoms with Crippen molar-refractivity contribution in [3.05, 3.63) is 83.4 Å². The maximum Gasteiger partial charge on any atom is 0.262 e. The van der Waals surface area contributed by atoms with Crippen molar-refractivity contribution >= 4 is 11.6 Å². The molecule has 4 aromatic rings. The molecule has 0 saturated carbocycles. The highest BCUT2D eigenvalue weighted by Gasteiger charge is 2.11. The second-order valence-electron chi connectivity index (χ2n) is 7.40. The first-order chi connectivity index (χ1) is 15.0. The predicted octanol–water partition coefficient (Wildman–Crippen LogP) is 5.35. The molecule has 4 rings (SSSR count). The van der Waals surface area contributed by atoms with Crippen LogP contribution in [0.1, 0.15) is 16.7 Å². The number of anilines is 1. The Bertz CT molecular complexity index is 1200. The molecule has 0 aliphatic rings. The van der Waals surface area contributed by atoms with Crippen molar-refractivity contribution < 1.29 is 14.1 Å². The molecule has 0 aliphatic heterocycles. The molecule has 0 fully saturated rings. The maximum atomic E-state index is 12.2. The van der Waals surface area contributed by atoms with Gasteiger partial charge >= 0.3 is 0 Å². The Morgan fingerprint density at radius 1 is 0.935 bits per heavy atom. The summed E-state index contributed by atoms with van der Waals surface area (Å²) in [5.41, 5.74) is 5.81. The van der Waals surface area contributed by atoms with Crippen LogP contribution in [0.15, 0.2) is 71.3 Å². The van der Waals surface area contributed by atoms with Crippen molar-refractivity contribution in [2.45, 2.75) is 20.8 Å². The van der Waals surface area contributed by atoms with E-state index in [1.165, 1.54) is 5.56 Å². The Morgan fingerprint density at radius 2 is 1.65 bits per heavy atom. The molecule has 0 unspecified atom stereocenters. The van der Waals surface area contributed by atoms with Crippen molar-refractivity contribution in [2.24, 2.45) is 0 Å². The molecule has 0 radical (unpaired) electrons. The number of aromatic nitrogens is 2. The van der Waals surface area contributed by atoms with Gasteiger partial charge in [0.15, 0.2) is 6.61 Å². The fraction of sp³-hybridized carbons (Fsp3) is 0.160. The van der Waals surface area contributed by atoms with Crippen LogP contribution in [0.3, 0.4) is 0 Å². The highest BCUT2D eigenvalue weighted by Crippen LogP contribution is 2.24. The van der Waals surface area contributed by atoms with E-state index < -0.39 is 0 Å². The van der Waals surface area contributed by atoms with E-state index in [0.29, 0.717) is 17.5 Å². The van der Waals surface area contributed by atoms with Gasteiger partial charge < -0.3 is 14.6 Å². The van der Waals surface area contributed by atoms with Gasteiger partial charge in [0.05, 0.1) is 0 Å². The van der Waals surface area contributed by atoms with E-state index in [1.807, 2.05) is 75.4 Å². The van der Waals surface area contributed by atoms with Gasteiger partial charge in [-0.3, -0.25) is 4.79 Å². The Hall–Kier alpha value is -3.93. The van der Waals surface area contributed by atoms with Crippen LogP contribution >= 0.6 is 0 Å². The molecule has 31 heavy (non-hydrogen) atoms. The lowest BCUT2D eigenvalue weighted by Gasteiger charge is -2.11. The van der Waals surface area contributed by atoms with Crippen LogP contribution in [0.5, 0.6) is 5.75 Å². The topological polar surface area (TPSA) is 77.2 Å². The van der Waals surface area contributed by atoms with E-state index in [2.05, 4.69) is 15.5 Å². The molecule has 0 atom stereocenters. The number of amides is 1. The number of hydrogen-bond donors (Lipinski definition) is 1. The largest absolute Gasteiger partial charge is 0.484 e. The summed E-state index contributed by atoms with van der Waals surface area (Å²) in [7, 11) is 0. The lowest BCUT2D eigenvalue weighted by molar-refractivity contribution is -0.118. The summed E-state index contributed by atoms with van der Waals surface area (Å²) in [5, 5.41) is 6.94. The summed E-state index contributed by atoms with van der Waals surface area (Å²) >= 11 is 0. The van der Waals surface area contributed by atoms with Crippen LogP contribution in [0.2, 0.25) is 0 Å². The molecule has 0 spiro atoms. The van der Waals surface area contributed by atoms with Gasteiger partial charge in [-0.1, -0.05) is 47.1 Å². The maximum absolute atomic E-state index is 12.2. The first-order valence-corrected chi connectivity index (χ1v) is 9.99. The normalized spacial score (nSPS) is 10.7. The van der Waals surface area contributed by atoms with E-state index in [0.717, 1.165) is 27.9 Å². The molecule has 1 aromatic heterocycles. The smallest absolute Gasteiger partial charge is 0.262 e. The minimum atomic E-state index is -0.211. The molecular formula is C25H23N3O3. The summed E-state index contributed by atoms with van der Waals surface area (Å²) < 4.78 is 11.0. The third-order valence-electron chi connectivity index (χ3n) is 5.09. The molecule has 6 heteroatoms. The Balaban J connectivity index is 1.37. The number of carbonyl (C=O) groups is 1. The number of nitrogens with zero attached hydrogens (tertiary/aromatic N) is 2. The van der Waals surface area contributed by atoms with E-state index >= 15 is 0 Å². The monoisotopic (exact) mass is 413 g/mol. The van der Waals surface area contributed by atoms with Gasteiger partial charge in [-0.05, 0) is 62.2 Å². The Kier molecular flexibility index (Phi) is 5.80. The summed E-state index contributed by atoms with van der Waals surface area (Å²) in [6.45, 7) is 5.94. The SMILES string of the molecule is Cc1ccc(-c2noc(-c3ccc(OCC(=O)Nc4cccc(C)c4C)cc3)n2)cc1. The molecule has 0 saturated heterocycles. The van der Waals surface area contributed by atoms with Crippen LogP contribution in [-0.2, 0) is 4.79 Å². The molecular weight excluding hydrogens is 390 g/mol. The van der Waals surface area contributed by atoms with Gasteiger partial charge in [0.25, 0.3) is 11.8 Å². The highest BCUT2D eigenvalue weighted by molar-refractivity contribution is 5.92. The van der Waals surface area contributed by atoms with Gasteiger partial charge in [-0.2, -0.15) is 4.98 Å². The number of benzene rings is 3.